The van der Waals surface area contributed by atoms with Gasteiger partial charge in [0.25, 0.3) is 0 Å². The van der Waals surface area contributed by atoms with Gasteiger partial charge in [-0.2, -0.15) is 0 Å². The molecule has 0 aliphatic carbocycles. The Morgan fingerprint density at radius 2 is 1.62 bits per heavy atom. The van der Waals surface area contributed by atoms with E-state index in [-0.39, 0.29) is 6.61 Å². The average molecular weight is 368 g/mol. The van der Waals surface area contributed by atoms with Gasteiger partial charge in [-0.3, -0.25) is 0 Å². The van der Waals surface area contributed by atoms with Crippen molar-refractivity contribution in [2.24, 2.45) is 0 Å². The van der Waals surface area contributed by atoms with Crippen molar-refractivity contribution in [2.45, 2.75) is 32.4 Å². The van der Waals surface area contributed by atoms with E-state index in [0.29, 0.717) is 16.7 Å². The number of ether oxygens (including phenoxy) is 1. The number of benzene rings is 2. The van der Waals surface area contributed by atoms with E-state index in [1.807, 2.05) is 24.3 Å². The summed E-state index contributed by atoms with van der Waals surface area (Å²) in [7, 11) is 0. The lowest BCUT2D eigenvalue weighted by Gasteiger charge is -2.09. The highest BCUT2D eigenvalue weighted by Crippen LogP contribution is 2.23. The summed E-state index contributed by atoms with van der Waals surface area (Å²) >= 11 is 11.9. The smallest absolute Gasteiger partial charge is 0.119 e. The first-order valence-electron chi connectivity index (χ1n) is 8.16. The third kappa shape index (κ3) is 6.70. The molecule has 0 saturated carbocycles. The summed E-state index contributed by atoms with van der Waals surface area (Å²) in [6.07, 6.45) is 3.03. The molecule has 0 radical (unpaired) electrons. The summed E-state index contributed by atoms with van der Waals surface area (Å²) in [5.74, 6) is 0.827. The number of halogens is 2. The maximum absolute atomic E-state index is 8.72. The Hall–Kier alpha value is -1.26. The SMILES string of the molecule is OCCCCCNCc1ccc(OCc2ccc(Cl)c(Cl)c2)cc1. The fourth-order valence-electron chi connectivity index (χ4n) is 2.27. The van der Waals surface area contributed by atoms with Crippen LogP contribution in [-0.2, 0) is 13.2 Å². The number of hydrogen-bond donors (Lipinski definition) is 2. The summed E-state index contributed by atoms with van der Waals surface area (Å²) in [4.78, 5) is 0. The van der Waals surface area contributed by atoms with Gasteiger partial charge in [-0.15, -0.1) is 0 Å². The Bertz CT molecular complexity index is 617. The lowest BCUT2D eigenvalue weighted by Crippen LogP contribution is -2.14. The second-order valence-electron chi connectivity index (χ2n) is 5.64. The van der Waals surface area contributed by atoms with Crippen molar-refractivity contribution in [2.75, 3.05) is 13.2 Å². The zero-order valence-electron chi connectivity index (χ0n) is 13.6. The number of rotatable bonds is 10. The van der Waals surface area contributed by atoms with Gasteiger partial charge in [-0.25, -0.2) is 0 Å². The summed E-state index contributed by atoms with van der Waals surface area (Å²) in [6, 6.07) is 13.6. The standard InChI is InChI=1S/C19H23Cl2NO2/c20-18-9-6-16(12-19(18)21)14-24-17-7-4-15(5-8-17)13-22-10-2-1-3-11-23/h4-9,12,22-23H,1-3,10-11,13-14H2. The Morgan fingerprint density at radius 3 is 2.33 bits per heavy atom. The van der Waals surface area contributed by atoms with Gasteiger partial charge in [0.15, 0.2) is 0 Å². The highest BCUT2D eigenvalue weighted by atomic mass is 35.5. The van der Waals surface area contributed by atoms with Crippen molar-refractivity contribution in [3.63, 3.8) is 0 Å². The molecule has 0 atom stereocenters. The quantitative estimate of drug-likeness (QED) is 0.591. The first-order chi connectivity index (χ1) is 11.7. The number of hydrogen-bond acceptors (Lipinski definition) is 3. The normalized spacial score (nSPS) is 10.8. The van der Waals surface area contributed by atoms with Gasteiger partial charge in [-0.1, -0.05) is 41.4 Å². The van der Waals surface area contributed by atoms with Crippen molar-refractivity contribution in [3.05, 3.63) is 63.6 Å². The summed E-state index contributed by atoms with van der Waals surface area (Å²) in [6.45, 7) is 2.55. The van der Waals surface area contributed by atoms with Crippen molar-refractivity contribution in [3.8, 4) is 5.75 Å². The van der Waals surface area contributed by atoms with Crippen LogP contribution >= 0.6 is 23.2 Å². The Balaban J connectivity index is 1.72. The molecule has 5 heteroatoms. The third-order valence-electron chi connectivity index (χ3n) is 3.65. The van der Waals surface area contributed by atoms with E-state index in [1.165, 1.54) is 5.56 Å². The van der Waals surface area contributed by atoms with Crippen LogP contribution in [0.5, 0.6) is 5.75 Å². The molecule has 2 N–H and O–H groups in total. The molecule has 24 heavy (non-hydrogen) atoms. The summed E-state index contributed by atoms with van der Waals surface area (Å²) in [5, 5.41) is 13.2. The van der Waals surface area contributed by atoms with E-state index in [4.69, 9.17) is 33.0 Å². The van der Waals surface area contributed by atoms with Crippen LogP contribution in [0.2, 0.25) is 10.0 Å². The number of aliphatic hydroxyl groups excluding tert-OH is 1. The van der Waals surface area contributed by atoms with Crippen molar-refractivity contribution in [1.82, 2.24) is 5.32 Å². The summed E-state index contributed by atoms with van der Waals surface area (Å²) in [5.41, 5.74) is 2.21. The van der Waals surface area contributed by atoms with Gasteiger partial charge in [0, 0.05) is 13.2 Å². The zero-order valence-corrected chi connectivity index (χ0v) is 15.1. The van der Waals surface area contributed by atoms with Gasteiger partial charge < -0.3 is 15.2 Å². The Kier molecular flexibility index (Phi) is 8.40. The predicted molar refractivity (Wildman–Crippen MR) is 99.9 cm³/mol. The molecule has 0 unspecified atom stereocenters. The van der Waals surface area contributed by atoms with Crippen LogP contribution in [0.15, 0.2) is 42.5 Å². The Labute approximate surface area is 153 Å². The molecular formula is C19H23Cl2NO2. The molecule has 0 amide bonds. The topological polar surface area (TPSA) is 41.5 Å². The van der Waals surface area contributed by atoms with Crippen LogP contribution in [0.25, 0.3) is 0 Å². The van der Waals surface area contributed by atoms with Gasteiger partial charge in [-0.05, 0) is 61.2 Å². The second-order valence-corrected chi connectivity index (χ2v) is 6.46. The van der Waals surface area contributed by atoms with Crippen LogP contribution in [0.4, 0.5) is 0 Å². The molecule has 0 bridgehead atoms. The van der Waals surface area contributed by atoms with E-state index in [1.54, 1.807) is 6.07 Å². The van der Waals surface area contributed by atoms with Gasteiger partial charge in [0.05, 0.1) is 10.0 Å². The van der Waals surface area contributed by atoms with Crippen LogP contribution in [0.1, 0.15) is 30.4 Å². The van der Waals surface area contributed by atoms with Crippen molar-refractivity contribution < 1.29 is 9.84 Å². The predicted octanol–water partition coefficient (Wildman–Crippen LogP) is 4.82. The molecule has 0 aliphatic heterocycles. The first kappa shape index (κ1) is 19.1. The van der Waals surface area contributed by atoms with E-state index in [9.17, 15) is 0 Å². The molecule has 2 aromatic rings. The lowest BCUT2D eigenvalue weighted by molar-refractivity contribution is 0.283. The van der Waals surface area contributed by atoms with Crippen molar-refractivity contribution in [1.29, 1.82) is 0 Å². The van der Waals surface area contributed by atoms with Crippen LogP contribution in [0, 0.1) is 0 Å². The number of nitrogens with one attached hydrogen (secondary N) is 1. The fraction of sp³-hybridized carbons (Fsp3) is 0.368. The van der Waals surface area contributed by atoms with Crippen LogP contribution in [-0.4, -0.2) is 18.3 Å². The minimum atomic E-state index is 0.281. The highest BCUT2D eigenvalue weighted by molar-refractivity contribution is 6.42. The molecule has 0 saturated heterocycles. The molecular weight excluding hydrogens is 345 g/mol. The third-order valence-corrected chi connectivity index (χ3v) is 4.39. The molecule has 130 valence electrons. The van der Waals surface area contributed by atoms with E-state index in [2.05, 4.69) is 17.4 Å². The molecule has 0 spiro atoms. The van der Waals surface area contributed by atoms with E-state index >= 15 is 0 Å². The van der Waals surface area contributed by atoms with Crippen LogP contribution in [0.3, 0.4) is 0 Å². The minimum Gasteiger partial charge on any atom is -0.489 e. The molecule has 0 fully saturated rings. The largest absolute Gasteiger partial charge is 0.489 e. The Morgan fingerprint density at radius 1 is 0.875 bits per heavy atom. The highest BCUT2D eigenvalue weighted by Gasteiger charge is 2.01. The summed E-state index contributed by atoms with van der Waals surface area (Å²) < 4.78 is 5.77. The molecule has 2 rings (SSSR count). The first-order valence-corrected chi connectivity index (χ1v) is 8.92. The zero-order chi connectivity index (χ0) is 17.2. The number of aliphatic hydroxyl groups is 1. The molecule has 0 heterocycles. The van der Waals surface area contributed by atoms with Gasteiger partial charge in [0.2, 0.25) is 0 Å². The molecule has 0 aromatic heterocycles. The molecule has 2 aromatic carbocycles. The minimum absolute atomic E-state index is 0.281. The maximum Gasteiger partial charge on any atom is 0.119 e. The fourth-order valence-corrected chi connectivity index (χ4v) is 2.59. The van der Waals surface area contributed by atoms with Crippen molar-refractivity contribution >= 4 is 23.2 Å². The second kappa shape index (κ2) is 10.6. The lowest BCUT2D eigenvalue weighted by atomic mass is 10.2. The monoisotopic (exact) mass is 367 g/mol. The number of unbranched alkanes of at least 4 members (excludes halogenated alkanes) is 2. The maximum atomic E-state index is 8.72. The van der Waals surface area contributed by atoms with E-state index < -0.39 is 0 Å². The molecule has 3 nitrogen and oxygen atoms in total. The van der Waals surface area contributed by atoms with Gasteiger partial charge >= 0.3 is 0 Å². The average Bonchev–Trinajstić information content (AvgIpc) is 2.60. The molecule has 0 aliphatic rings. The van der Waals surface area contributed by atoms with Gasteiger partial charge in [0.1, 0.15) is 12.4 Å². The van der Waals surface area contributed by atoms with E-state index in [0.717, 1.165) is 43.7 Å². The van der Waals surface area contributed by atoms with Crippen LogP contribution < -0.4 is 10.1 Å².